The highest BCUT2D eigenvalue weighted by Gasteiger charge is 2.19. The third-order valence-electron chi connectivity index (χ3n) is 3.44. The Morgan fingerprint density at radius 3 is 2.29 bits per heavy atom. The molecule has 0 saturated heterocycles. The molecule has 0 aliphatic rings. The fourth-order valence-corrected chi connectivity index (χ4v) is 2.28. The van der Waals surface area contributed by atoms with Crippen LogP contribution in [0.25, 0.3) is 0 Å². The summed E-state index contributed by atoms with van der Waals surface area (Å²) in [6.45, 7) is 1.92. The molecule has 0 spiro atoms. The summed E-state index contributed by atoms with van der Waals surface area (Å²) >= 11 is 11.8. The average molecular weight is 324 g/mol. The second-order valence-corrected chi connectivity index (χ2v) is 5.63. The minimum atomic E-state index is -0.144. The Morgan fingerprint density at radius 1 is 1.10 bits per heavy atom. The zero-order valence-electron chi connectivity index (χ0n) is 11.7. The first-order valence-electron chi connectivity index (χ1n) is 6.41. The molecule has 0 aliphatic carbocycles. The van der Waals surface area contributed by atoms with Gasteiger partial charge in [0.25, 0.3) is 5.91 Å². The Bertz CT molecular complexity index is 656. The standard InChI is InChI=1S/C16H15Cl2NO2/c1-10(11-3-6-13(20)7-4-11)19(2)16(21)12-5-8-14(17)15(18)9-12/h3-10,20H,1-2H3. The molecule has 0 aromatic heterocycles. The summed E-state index contributed by atoms with van der Waals surface area (Å²) in [5, 5.41) is 10.1. The van der Waals surface area contributed by atoms with Crippen molar-refractivity contribution in [3.8, 4) is 5.75 Å². The van der Waals surface area contributed by atoms with Crippen molar-refractivity contribution in [2.45, 2.75) is 13.0 Å². The van der Waals surface area contributed by atoms with Crippen LogP contribution in [-0.4, -0.2) is 23.0 Å². The second-order valence-electron chi connectivity index (χ2n) is 4.81. The molecule has 0 bridgehead atoms. The van der Waals surface area contributed by atoms with Gasteiger partial charge in [0.15, 0.2) is 0 Å². The number of benzene rings is 2. The first-order chi connectivity index (χ1) is 9.90. The lowest BCUT2D eigenvalue weighted by Crippen LogP contribution is -2.29. The van der Waals surface area contributed by atoms with Crippen molar-refractivity contribution in [3.63, 3.8) is 0 Å². The van der Waals surface area contributed by atoms with Crippen molar-refractivity contribution in [2.24, 2.45) is 0 Å². The van der Waals surface area contributed by atoms with E-state index in [0.717, 1.165) is 5.56 Å². The van der Waals surface area contributed by atoms with E-state index in [-0.39, 0.29) is 17.7 Å². The molecule has 2 aromatic rings. The molecule has 0 saturated carbocycles. The highest BCUT2D eigenvalue weighted by molar-refractivity contribution is 6.42. The molecule has 0 aliphatic heterocycles. The van der Waals surface area contributed by atoms with Crippen LogP contribution in [0.5, 0.6) is 5.75 Å². The smallest absolute Gasteiger partial charge is 0.254 e. The Hall–Kier alpha value is -1.71. The Morgan fingerprint density at radius 2 is 1.71 bits per heavy atom. The van der Waals surface area contributed by atoms with Gasteiger partial charge in [0.2, 0.25) is 0 Å². The van der Waals surface area contributed by atoms with E-state index in [1.807, 2.05) is 6.92 Å². The van der Waals surface area contributed by atoms with Gasteiger partial charge in [0, 0.05) is 12.6 Å². The van der Waals surface area contributed by atoms with E-state index in [2.05, 4.69) is 0 Å². The van der Waals surface area contributed by atoms with Gasteiger partial charge in [-0.05, 0) is 42.8 Å². The maximum Gasteiger partial charge on any atom is 0.254 e. The van der Waals surface area contributed by atoms with E-state index in [4.69, 9.17) is 23.2 Å². The number of aromatic hydroxyl groups is 1. The van der Waals surface area contributed by atoms with Gasteiger partial charge in [-0.1, -0.05) is 35.3 Å². The molecular formula is C16H15Cl2NO2. The van der Waals surface area contributed by atoms with Crippen LogP contribution < -0.4 is 0 Å². The first kappa shape index (κ1) is 15.7. The van der Waals surface area contributed by atoms with Gasteiger partial charge in [-0.25, -0.2) is 0 Å². The van der Waals surface area contributed by atoms with E-state index in [9.17, 15) is 9.90 Å². The summed E-state index contributed by atoms with van der Waals surface area (Å²) in [6.07, 6.45) is 0. The lowest BCUT2D eigenvalue weighted by atomic mass is 10.1. The van der Waals surface area contributed by atoms with Gasteiger partial charge in [-0.15, -0.1) is 0 Å². The van der Waals surface area contributed by atoms with E-state index in [1.165, 1.54) is 0 Å². The lowest BCUT2D eigenvalue weighted by Gasteiger charge is -2.25. The number of hydrogen-bond donors (Lipinski definition) is 1. The fourth-order valence-electron chi connectivity index (χ4n) is 1.99. The van der Waals surface area contributed by atoms with Gasteiger partial charge >= 0.3 is 0 Å². The number of carbonyl (C=O) groups is 1. The quantitative estimate of drug-likeness (QED) is 0.901. The summed E-state index contributed by atoms with van der Waals surface area (Å²) in [5.74, 6) is 0.0542. The third-order valence-corrected chi connectivity index (χ3v) is 4.18. The van der Waals surface area contributed by atoms with Crippen LogP contribution in [0.3, 0.4) is 0 Å². The maximum absolute atomic E-state index is 12.5. The monoisotopic (exact) mass is 323 g/mol. The molecular weight excluding hydrogens is 309 g/mol. The Balaban J connectivity index is 2.21. The van der Waals surface area contributed by atoms with Crippen molar-refractivity contribution >= 4 is 29.1 Å². The molecule has 3 nitrogen and oxygen atoms in total. The van der Waals surface area contributed by atoms with E-state index < -0.39 is 0 Å². The van der Waals surface area contributed by atoms with Gasteiger partial charge in [-0.3, -0.25) is 4.79 Å². The van der Waals surface area contributed by atoms with Crippen molar-refractivity contribution in [1.82, 2.24) is 4.90 Å². The van der Waals surface area contributed by atoms with Gasteiger partial charge in [0.05, 0.1) is 16.1 Å². The molecule has 1 amide bonds. The van der Waals surface area contributed by atoms with Crippen molar-refractivity contribution in [1.29, 1.82) is 0 Å². The van der Waals surface area contributed by atoms with Gasteiger partial charge < -0.3 is 10.0 Å². The predicted molar refractivity (Wildman–Crippen MR) is 85.1 cm³/mol. The van der Waals surface area contributed by atoms with Crippen molar-refractivity contribution in [2.75, 3.05) is 7.05 Å². The fraction of sp³-hybridized carbons (Fsp3) is 0.188. The number of nitrogens with zero attached hydrogens (tertiary/aromatic N) is 1. The summed E-state index contributed by atoms with van der Waals surface area (Å²) in [7, 11) is 1.72. The second kappa shape index (κ2) is 6.37. The van der Waals surface area contributed by atoms with Crippen LogP contribution in [0.4, 0.5) is 0 Å². The minimum absolute atomic E-state index is 0.132. The van der Waals surface area contributed by atoms with Crippen LogP contribution in [0.1, 0.15) is 28.9 Å². The molecule has 1 atom stereocenters. The summed E-state index contributed by atoms with van der Waals surface area (Å²) in [6, 6.07) is 11.5. The van der Waals surface area contributed by atoms with Crippen LogP contribution in [0, 0.1) is 0 Å². The molecule has 110 valence electrons. The number of hydrogen-bond acceptors (Lipinski definition) is 2. The minimum Gasteiger partial charge on any atom is -0.508 e. The molecule has 21 heavy (non-hydrogen) atoms. The van der Waals surface area contributed by atoms with Crippen LogP contribution >= 0.6 is 23.2 Å². The van der Waals surface area contributed by atoms with E-state index >= 15 is 0 Å². The number of amides is 1. The first-order valence-corrected chi connectivity index (χ1v) is 7.17. The molecule has 0 radical (unpaired) electrons. The Kier molecular flexibility index (Phi) is 4.76. The molecule has 1 unspecified atom stereocenters. The van der Waals surface area contributed by atoms with Gasteiger partial charge in [0.1, 0.15) is 5.75 Å². The average Bonchev–Trinajstić information content (AvgIpc) is 2.48. The Labute approximate surface area is 133 Å². The molecule has 0 fully saturated rings. The predicted octanol–water partition coefficient (Wildman–Crippen LogP) is 4.53. The summed E-state index contributed by atoms with van der Waals surface area (Å²) in [5.41, 5.74) is 1.42. The normalized spacial score (nSPS) is 12.0. The van der Waals surface area contributed by atoms with E-state index in [1.54, 1.807) is 54.4 Å². The zero-order chi connectivity index (χ0) is 15.6. The molecule has 2 rings (SSSR count). The maximum atomic E-state index is 12.5. The van der Waals surface area contributed by atoms with Crippen molar-refractivity contribution < 1.29 is 9.90 Å². The number of phenolic OH excluding ortho intramolecular Hbond substituents is 1. The summed E-state index contributed by atoms with van der Waals surface area (Å²) < 4.78 is 0. The molecule has 2 aromatic carbocycles. The van der Waals surface area contributed by atoms with Gasteiger partial charge in [-0.2, -0.15) is 0 Å². The van der Waals surface area contributed by atoms with Crippen LogP contribution in [-0.2, 0) is 0 Å². The number of halogens is 2. The SMILES string of the molecule is CC(c1ccc(O)cc1)N(C)C(=O)c1ccc(Cl)c(Cl)c1. The zero-order valence-corrected chi connectivity index (χ0v) is 13.2. The molecule has 1 N–H and O–H groups in total. The van der Waals surface area contributed by atoms with E-state index in [0.29, 0.717) is 15.6 Å². The highest BCUT2D eigenvalue weighted by Crippen LogP contribution is 2.26. The van der Waals surface area contributed by atoms with Crippen LogP contribution in [0.15, 0.2) is 42.5 Å². The lowest BCUT2D eigenvalue weighted by molar-refractivity contribution is 0.0742. The molecule has 0 heterocycles. The summed E-state index contributed by atoms with van der Waals surface area (Å²) in [4.78, 5) is 14.1. The highest BCUT2D eigenvalue weighted by atomic mass is 35.5. The number of rotatable bonds is 3. The number of phenols is 1. The van der Waals surface area contributed by atoms with Crippen molar-refractivity contribution in [3.05, 3.63) is 63.6 Å². The number of carbonyl (C=O) groups excluding carboxylic acids is 1. The topological polar surface area (TPSA) is 40.5 Å². The molecule has 5 heteroatoms. The largest absolute Gasteiger partial charge is 0.508 e. The van der Waals surface area contributed by atoms with Crippen LogP contribution in [0.2, 0.25) is 10.0 Å². The third kappa shape index (κ3) is 3.49.